The van der Waals surface area contributed by atoms with Crippen molar-refractivity contribution in [1.82, 2.24) is 10.6 Å². The molecule has 1 aliphatic rings. The molecule has 0 amide bonds. The molecule has 242 valence electrons. The van der Waals surface area contributed by atoms with Crippen LogP contribution < -0.4 is 10.6 Å². The maximum atomic E-state index is 6.99. The number of aliphatic imine (C=N–C) groups is 1. The molecule has 1 aliphatic heterocycles. The predicted molar refractivity (Wildman–Crippen MR) is 210 cm³/mol. The Hall–Kier alpha value is -6.21. The van der Waals surface area contributed by atoms with E-state index in [1.807, 2.05) is 35.6 Å². The third-order valence-electron chi connectivity index (χ3n) is 10.2. The van der Waals surface area contributed by atoms with Gasteiger partial charge >= 0.3 is 0 Å². The fourth-order valence-electron chi connectivity index (χ4n) is 7.92. The molecule has 0 bridgehead atoms. The largest absolute Gasteiger partial charge is 0.456 e. The number of furan rings is 2. The van der Waals surface area contributed by atoms with Gasteiger partial charge in [-0.2, -0.15) is 0 Å². The van der Waals surface area contributed by atoms with Crippen molar-refractivity contribution in [1.29, 1.82) is 0 Å². The molecule has 2 N–H and O–H groups in total. The second kappa shape index (κ2) is 11.2. The summed E-state index contributed by atoms with van der Waals surface area (Å²) in [6.45, 7) is 0. The third kappa shape index (κ3) is 4.40. The number of thiophene rings is 1. The molecular formula is C45H29N3O2S. The van der Waals surface area contributed by atoms with Crippen molar-refractivity contribution in [2.24, 2.45) is 4.99 Å². The Morgan fingerprint density at radius 2 is 1.14 bits per heavy atom. The second-order valence-corrected chi connectivity index (χ2v) is 14.2. The number of nitrogens with one attached hydrogen (secondary N) is 2. The molecule has 0 fully saturated rings. The standard InChI is InChI=1S/C45H29N3O2S/c1-2-12-26(13-3-1)43-46-44(33-20-11-25-38-40(33)32-15-5-7-24-37(32)51-38)48-45(47-43)34-21-9-19-30-29-18-8-17-28(41(29)50-42(30)34)27-16-10-23-36-39(27)31-14-4-6-22-35(31)49-36/h1-25,43-44,46H,(H,47,48). The summed E-state index contributed by atoms with van der Waals surface area (Å²) in [6.07, 6.45) is -0.471. The lowest BCUT2D eigenvalue weighted by atomic mass is 9.97. The molecule has 4 heterocycles. The van der Waals surface area contributed by atoms with Gasteiger partial charge in [0.2, 0.25) is 0 Å². The number of hydrogen-bond donors (Lipinski definition) is 2. The van der Waals surface area contributed by atoms with Crippen molar-refractivity contribution in [2.45, 2.75) is 12.3 Å². The van der Waals surface area contributed by atoms with Crippen LogP contribution in [-0.4, -0.2) is 5.84 Å². The van der Waals surface area contributed by atoms with Crippen LogP contribution in [0.25, 0.3) is 75.2 Å². The molecule has 2 atom stereocenters. The summed E-state index contributed by atoms with van der Waals surface area (Å²) in [5, 5.41) is 14.5. The molecule has 0 aliphatic carbocycles. The van der Waals surface area contributed by atoms with Gasteiger partial charge in [-0.15, -0.1) is 11.3 Å². The highest BCUT2D eigenvalue weighted by Gasteiger charge is 2.29. The molecule has 2 unspecified atom stereocenters. The quantitative estimate of drug-likeness (QED) is 0.195. The SMILES string of the molecule is c1ccc(C2N=C(c3cccc4c3oc3c(-c5cccc6oc7ccccc7c56)cccc34)NC(c3cccc4sc5ccccc5c34)N2)cc1. The van der Waals surface area contributed by atoms with Crippen LogP contribution in [0.2, 0.25) is 0 Å². The lowest BCUT2D eigenvalue weighted by Gasteiger charge is -2.32. The highest BCUT2D eigenvalue weighted by atomic mass is 32.1. The summed E-state index contributed by atoms with van der Waals surface area (Å²) in [6, 6.07) is 53.0. The van der Waals surface area contributed by atoms with Crippen LogP contribution in [-0.2, 0) is 0 Å². The minimum Gasteiger partial charge on any atom is -0.456 e. The van der Waals surface area contributed by atoms with Gasteiger partial charge in [-0.1, -0.05) is 121 Å². The highest BCUT2D eigenvalue weighted by molar-refractivity contribution is 7.25. The molecule has 3 aromatic heterocycles. The van der Waals surface area contributed by atoms with Gasteiger partial charge in [0.25, 0.3) is 0 Å². The molecule has 0 saturated carbocycles. The molecule has 0 radical (unpaired) electrons. The average Bonchev–Trinajstić information content (AvgIpc) is 3.89. The highest BCUT2D eigenvalue weighted by Crippen LogP contribution is 2.43. The zero-order chi connectivity index (χ0) is 33.5. The van der Waals surface area contributed by atoms with Gasteiger partial charge in [-0.25, -0.2) is 4.99 Å². The molecule has 6 heteroatoms. The van der Waals surface area contributed by atoms with E-state index in [0.717, 1.165) is 72.0 Å². The van der Waals surface area contributed by atoms with E-state index in [2.05, 4.69) is 138 Å². The molecule has 0 saturated heterocycles. The Balaban J connectivity index is 1.11. The van der Waals surface area contributed by atoms with Gasteiger partial charge < -0.3 is 14.2 Å². The van der Waals surface area contributed by atoms with Crippen LogP contribution in [0.3, 0.4) is 0 Å². The van der Waals surface area contributed by atoms with Crippen molar-refractivity contribution in [3.8, 4) is 11.1 Å². The van der Waals surface area contributed by atoms with Gasteiger partial charge in [-0.05, 0) is 47.0 Å². The Morgan fingerprint density at radius 3 is 2.02 bits per heavy atom. The molecule has 10 aromatic rings. The van der Waals surface area contributed by atoms with E-state index in [-0.39, 0.29) is 12.3 Å². The van der Waals surface area contributed by atoms with E-state index >= 15 is 0 Å². The van der Waals surface area contributed by atoms with Gasteiger partial charge in [0.15, 0.2) is 0 Å². The van der Waals surface area contributed by atoms with Crippen molar-refractivity contribution in [3.05, 3.63) is 168 Å². The number of amidine groups is 1. The Kier molecular flexibility index (Phi) is 6.26. The molecule has 5 nitrogen and oxygen atoms in total. The summed E-state index contributed by atoms with van der Waals surface area (Å²) in [5.74, 6) is 0.790. The van der Waals surface area contributed by atoms with Crippen molar-refractivity contribution < 1.29 is 8.83 Å². The maximum absolute atomic E-state index is 6.99. The van der Waals surface area contributed by atoms with Gasteiger partial charge in [-0.3, -0.25) is 5.32 Å². The van der Waals surface area contributed by atoms with E-state index in [4.69, 9.17) is 13.8 Å². The lowest BCUT2D eigenvalue weighted by Crippen LogP contribution is -2.45. The van der Waals surface area contributed by atoms with Crippen LogP contribution in [0, 0.1) is 0 Å². The topological polar surface area (TPSA) is 62.7 Å². The Bertz CT molecular complexity index is 3010. The van der Waals surface area contributed by atoms with Crippen LogP contribution in [0.5, 0.6) is 0 Å². The summed E-state index contributed by atoms with van der Waals surface area (Å²) in [4.78, 5) is 5.32. The number of nitrogens with zero attached hydrogens (tertiary/aromatic N) is 1. The Labute approximate surface area is 296 Å². The number of benzene rings is 7. The molecule has 7 aromatic carbocycles. The van der Waals surface area contributed by atoms with Crippen molar-refractivity contribution in [2.75, 3.05) is 0 Å². The van der Waals surface area contributed by atoms with Crippen LogP contribution in [0.1, 0.15) is 29.0 Å². The summed E-state index contributed by atoms with van der Waals surface area (Å²) >= 11 is 1.83. The molecular weight excluding hydrogens is 647 g/mol. The average molecular weight is 676 g/mol. The normalized spacial score (nSPS) is 16.4. The fourth-order valence-corrected chi connectivity index (χ4v) is 9.06. The number of fused-ring (bicyclic) bond motifs is 9. The lowest BCUT2D eigenvalue weighted by molar-refractivity contribution is 0.411. The Morgan fingerprint density at radius 1 is 0.490 bits per heavy atom. The van der Waals surface area contributed by atoms with E-state index in [0.29, 0.717) is 0 Å². The third-order valence-corrected chi connectivity index (χ3v) is 11.3. The second-order valence-electron chi connectivity index (χ2n) is 13.1. The minimum atomic E-state index is -0.269. The fraction of sp³-hybridized carbons (Fsp3) is 0.0444. The van der Waals surface area contributed by atoms with E-state index in [1.165, 1.54) is 25.7 Å². The van der Waals surface area contributed by atoms with Crippen LogP contribution in [0.4, 0.5) is 0 Å². The van der Waals surface area contributed by atoms with Gasteiger partial charge in [0.1, 0.15) is 40.5 Å². The van der Waals surface area contributed by atoms with E-state index in [9.17, 15) is 0 Å². The number of hydrogen-bond acceptors (Lipinski definition) is 6. The van der Waals surface area contributed by atoms with E-state index < -0.39 is 0 Å². The molecule has 51 heavy (non-hydrogen) atoms. The first-order valence-electron chi connectivity index (χ1n) is 17.2. The maximum Gasteiger partial charge on any atom is 0.146 e. The number of para-hydroxylation sites is 3. The van der Waals surface area contributed by atoms with Gasteiger partial charge in [0.05, 0.1) is 5.56 Å². The zero-order valence-corrected chi connectivity index (χ0v) is 28.1. The van der Waals surface area contributed by atoms with Crippen LogP contribution >= 0.6 is 11.3 Å². The minimum absolute atomic E-state index is 0.202. The van der Waals surface area contributed by atoms with Crippen LogP contribution in [0.15, 0.2) is 165 Å². The summed E-state index contributed by atoms with van der Waals surface area (Å²) in [7, 11) is 0. The van der Waals surface area contributed by atoms with E-state index in [1.54, 1.807) is 0 Å². The summed E-state index contributed by atoms with van der Waals surface area (Å²) < 4.78 is 15.8. The summed E-state index contributed by atoms with van der Waals surface area (Å²) in [5.41, 5.74) is 8.73. The first-order valence-corrected chi connectivity index (χ1v) is 18.0. The molecule has 11 rings (SSSR count). The first kappa shape index (κ1) is 28.6. The predicted octanol–water partition coefficient (Wildman–Crippen LogP) is 11.9. The van der Waals surface area contributed by atoms with Crippen molar-refractivity contribution >= 4 is 81.2 Å². The van der Waals surface area contributed by atoms with Crippen molar-refractivity contribution in [3.63, 3.8) is 0 Å². The molecule has 0 spiro atoms. The smallest absolute Gasteiger partial charge is 0.146 e. The number of rotatable bonds is 4. The monoisotopic (exact) mass is 675 g/mol. The van der Waals surface area contributed by atoms with Gasteiger partial charge in [0, 0.05) is 47.3 Å². The zero-order valence-electron chi connectivity index (χ0n) is 27.3. The first-order chi connectivity index (χ1) is 25.3.